The van der Waals surface area contributed by atoms with Gasteiger partial charge in [0.2, 0.25) is 5.82 Å². The molecule has 0 saturated heterocycles. The highest BCUT2D eigenvalue weighted by atomic mass is 16.5. The van der Waals surface area contributed by atoms with E-state index in [1.54, 1.807) is 12.0 Å². The molecular formula is C15H20N4O2. The van der Waals surface area contributed by atoms with Crippen LogP contribution in [0, 0.1) is 0 Å². The van der Waals surface area contributed by atoms with Gasteiger partial charge in [-0.3, -0.25) is 9.89 Å². The van der Waals surface area contributed by atoms with Crippen molar-refractivity contribution in [3.8, 4) is 5.75 Å². The number of aromatic amines is 1. The number of carbonyl (C=O) groups is 1. The zero-order valence-corrected chi connectivity index (χ0v) is 12.6. The molecule has 0 aliphatic carbocycles. The number of methoxy groups -OCH3 is 1. The maximum Gasteiger partial charge on any atom is 0.293 e. The van der Waals surface area contributed by atoms with E-state index < -0.39 is 0 Å². The van der Waals surface area contributed by atoms with Gasteiger partial charge in [-0.15, -0.1) is 5.10 Å². The fourth-order valence-corrected chi connectivity index (χ4v) is 1.97. The molecule has 0 spiro atoms. The number of H-pyrrole nitrogens is 1. The third kappa shape index (κ3) is 3.59. The van der Waals surface area contributed by atoms with Crippen LogP contribution >= 0.6 is 0 Å². The standard InChI is InChI=1S/C15H20N4O2/c1-4-13-16-14(18-17-13)15(20)19(5-2)10-11-6-8-12(21-3)9-7-11/h6-9H,4-5,10H2,1-3H3,(H,16,17,18). The number of nitrogens with zero attached hydrogens (tertiary/aromatic N) is 3. The Morgan fingerprint density at radius 1 is 1.29 bits per heavy atom. The van der Waals surface area contributed by atoms with Crippen molar-refractivity contribution in [2.75, 3.05) is 13.7 Å². The summed E-state index contributed by atoms with van der Waals surface area (Å²) in [5, 5.41) is 6.75. The molecule has 0 aliphatic heterocycles. The Morgan fingerprint density at radius 3 is 2.52 bits per heavy atom. The number of carbonyl (C=O) groups excluding carboxylic acids is 1. The average molecular weight is 288 g/mol. The van der Waals surface area contributed by atoms with Crippen molar-refractivity contribution >= 4 is 5.91 Å². The second-order valence-corrected chi connectivity index (χ2v) is 4.63. The SMILES string of the molecule is CCc1nc(C(=O)N(CC)Cc2ccc(OC)cc2)n[nH]1. The molecular weight excluding hydrogens is 268 g/mol. The van der Waals surface area contributed by atoms with Crippen molar-refractivity contribution in [2.45, 2.75) is 26.8 Å². The molecule has 1 heterocycles. The van der Waals surface area contributed by atoms with Crippen LogP contribution in [0.15, 0.2) is 24.3 Å². The number of amides is 1. The van der Waals surface area contributed by atoms with Crippen LogP contribution < -0.4 is 4.74 Å². The van der Waals surface area contributed by atoms with Crippen LogP contribution in [0.2, 0.25) is 0 Å². The largest absolute Gasteiger partial charge is 0.497 e. The summed E-state index contributed by atoms with van der Waals surface area (Å²) < 4.78 is 5.13. The Balaban J connectivity index is 2.09. The zero-order chi connectivity index (χ0) is 15.2. The minimum atomic E-state index is -0.163. The van der Waals surface area contributed by atoms with Gasteiger partial charge >= 0.3 is 0 Å². The molecule has 0 saturated carbocycles. The Kier molecular flexibility index (Phi) is 4.92. The van der Waals surface area contributed by atoms with Crippen molar-refractivity contribution < 1.29 is 9.53 Å². The molecule has 0 radical (unpaired) electrons. The molecule has 0 unspecified atom stereocenters. The van der Waals surface area contributed by atoms with E-state index in [0.29, 0.717) is 13.1 Å². The third-order valence-electron chi connectivity index (χ3n) is 3.26. The maximum absolute atomic E-state index is 12.4. The highest BCUT2D eigenvalue weighted by Crippen LogP contribution is 2.14. The number of aryl methyl sites for hydroxylation is 1. The molecule has 1 amide bonds. The Bertz CT molecular complexity index is 592. The third-order valence-corrected chi connectivity index (χ3v) is 3.26. The second-order valence-electron chi connectivity index (χ2n) is 4.63. The first-order valence-corrected chi connectivity index (χ1v) is 7.01. The van der Waals surface area contributed by atoms with Crippen LogP contribution in [-0.4, -0.2) is 39.6 Å². The number of hydrogen-bond acceptors (Lipinski definition) is 4. The quantitative estimate of drug-likeness (QED) is 0.883. The van der Waals surface area contributed by atoms with Crippen LogP contribution in [0.1, 0.15) is 35.9 Å². The monoisotopic (exact) mass is 288 g/mol. The Morgan fingerprint density at radius 2 is 2.00 bits per heavy atom. The van der Waals surface area contributed by atoms with Crippen molar-refractivity contribution in [1.82, 2.24) is 20.1 Å². The Labute approximate surface area is 124 Å². The summed E-state index contributed by atoms with van der Waals surface area (Å²) >= 11 is 0. The van der Waals surface area contributed by atoms with Crippen molar-refractivity contribution in [2.24, 2.45) is 0 Å². The molecule has 2 aromatic rings. The van der Waals surface area contributed by atoms with E-state index >= 15 is 0 Å². The molecule has 0 bridgehead atoms. The minimum absolute atomic E-state index is 0.163. The van der Waals surface area contributed by atoms with Gasteiger partial charge in [0.05, 0.1) is 7.11 Å². The molecule has 0 atom stereocenters. The van der Waals surface area contributed by atoms with Gasteiger partial charge in [0.15, 0.2) is 0 Å². The second kappa shape index (κ2) is 6.88. The Hall–Kier alpha value is -2.37. The lowest BCUT2D eigenvalue weighted by molar-refractivity contribution is 0.0740. The molecule has 21 heavy (non-hydrogen) atoms. The zero-order valence-electron chi connectivity index (χ0n) is 12.6. The number of benzene rings is 1. The molecule has 6 heteroatoms. The van der Waals surface area contributed by atoms with Crippen LogP contribution in [0.5, 0.6) is 5.75 Å². The molecule has 0 aliphatic rings. The fraction of sp³-hybridized carbons (Fsp3) is 0.400. The summed E-state index contributed by atoms with van der Waals surface area (Å²) in [5.74, 6) is 1.58. The van der Waals surface area contributed by atoms with Gasteiger partial charge in [-0.2, -0.15) is 0 Å². The highest BCUT2D eigenvalue weighted by Gasteiger charge is 2.19. The van der Waals surface area contributed by atoms with E-state index in [2.05, 4.69) is 15.2 Å². The maximum atomic E-state index is 12.4. The van der Waals surface area contributed by atoms with Crippen molar-refractivity contribution in [1.29, 1.82) is 0 Å². The predicted octanol–water partition coefficient (Wildman–Crippen LogP) is 2.04. The highest BCUT2D eigenvalue weighted by molar-refractivity contribution is 5.90. The number of rotatable bonds is 6. The summed E-state index contributed by atoms with van der Waals surface area (Å²) in [4.78, 5) is 18.3. The normalized spacial score (nSPS) is 10.4. The van der Waals surface area contributed by atoms with Gasteiger partial charge < -0.3 is 9.64 Å². The van der Waals surface area contributed by atoms with E-state index in [4.69, 9.17) is 4.74 Å². The molecule has 2 rings (SSSR count). The van der Waals surface area contributed by atoms with Gasteiger partial charge in [0.25, 0.3) is 5.91 Å². The van der Waals surface area contributed by atoms with Crippen molar-refractivity contribution in [3.05, 3.63) is 41.5 Å². The number of hydrogen-bond donors (Lipinski definition) is 1. The summed E-state index contributed by atoms with van der Waals surface area (Å²) in [6.07, 6.45) is 0.727. The number of ether oxygens (including phenoxy) is 1. The summed E-state index contributed by atoms with van der Waals surface area (Å²) in [6, 6.07) is 7.67. The molecule has 0 fully saturated rings. The fourth-order valence-electron chi connectivity index (χ4n) is 1.97. The first-order chi connectivity index (χ1) is 10.2. The average Bonchev–Trinajstić information content (AvgIpc) is 3.01. The first-order valence-electron chi connectivity index (χ1n) is 7.01. The van der Waals surface area contributed by atoms with Crippen molar-refractivity contribution in [3.63, 3.8) is 0 Å². The van der Waals surface area contributed by atoms with Gasteiger partial charge in [-0.05, 0) is 24.6 Å². The predicted molar refractivity (Wildman–Crippen MR) is 79.2 cm³/mol. The van der Waals surface area contributed by atoms with E-state index in [9.17, 15) is 4.79 Å². The lowest BCUT2D eigenvalue weighted by Crippen LogP contribution is -2.31. The van der Waals surface area contributed by atoms with E-state index in [0.717, 1.165) is 23.6 Å². The summed E-state index contributed by atoms with van der Waals surface area (Å²) in [7, 11) is 1.63. The van der Waals surface area contributed by atoms with Crippen LogP contribution in [0.3, 0.4) is 0 Å². The van der Waals surface area contributed by atoms with E-state index in [1.165, 1.54) is 0 Å². The van der Waals surface area contributed by atoms with Gasteiger partial charge in [-0.1, -0.05) is 19.1 Å². The minimum Gasteiger partial charge on any atom is -0.497 e. The van der Waals surface area contributed by atoms with Crippen LogP contribution in [-0.2, 0) is 13.0 Å². The topological polar surface area (TPSA) is 71.1 Å². The van der Waals surface area contributed by atoms with Gasteiger partial charge in [0.1, 0.15) is 11.6 Å². The molecule has 1 N–H and O–H groups in total. The van der Waals surface area contributed by atoms with Crippen LogP contribution in [0.25, 0.3) is 0 Å². The summed E-state index contributed by atoms with van der Waals surface area (Å²) in [5.41, 5.74) is 1.04. The molecule has 6 nitrogen and oxygen atoms in total. The smallest absolute Gasteiger partial charge is 0.293 e. The van der Waals surface area contributed by atoms with Gasteiger partial charge in [-0.25, -0.2) is 4.98 Å². The first kappa shape index (κ1) is 15.0. The molecule has 1 aromatic carbocycles. The molecule has 1 aromatic heterocycles. The number of aromatic nitrogens is 3. The van der Waals surface area contributed by atoms with E-state index in [1.807, 2.05) is 38.1 Å². The van der Waals surface area contributed by atoms with E-state index in [-0.39, 0.29) is 11.7 Å². The summed E-state index contributed by atoms with van der Waals surface area (Å²) in [6.45, 7) is 5.02. The number of nitrogens with one attached hydrogen (secondary N) is 1. The van der Waals surface area contributed by atoms with Crippen LogP contribution in [0.4, 0.5) is 0 Å². The lowest BCUT2D eigenvalue weighted by atomic mass is 10.2. The lowest BCUT2D eigenvalue weighted by Gasteiger charge is -2.19. The molecule has 112 valence electrons. The van der Waals surface area contributed by atoms with Gasteiger partial charge in [0, 0.05) is 19.5 Å².